The van der Waals surface area contributed by atoms with Crippen LogP contribution in [0.5, 0.6) is 0 Å². The van der Waals surface area contributed by atoms with Crippen LogP contribution in [0.15, 0.2) is 41.3 Å². The second-order valence-corrected chi connectivity index (χ2v) is 5.12. The van der Waals surface area contributed by atoms with Crippen molar-refractivity contribution in [1.82, 2.24) is 4.98 Å². The highest BCUT2D eigenvalue weighted by Crippen LogP contribution is 2.19. The minimum absolute atomic E-state index is 0.306. The Kier molecular flexibility index (Phi) is 3.33. The zero-order valence-electron chi connectivity index (χ0n) is 9.61. The van der Waals surface area contributed by atoms with E-state index in [4.69, 9.17) is 0 Å². The quantitative estimate of drug-likeness (QED) is 0.819. The van der Waals surface area contributed by atoms with Crippen molar-refractivity contribution in [3.05, 3.63) is 47.9 Å². The minimum atomic E-state index is -0.982. The lowest BCUT2D eigenvalue weighted by molar-refractivity contribution is 0.610. The van der Waals surface area contributed by atoms with E-state index in [1.165, 1.54) is 6.07 Å². The van der Waals surface area contributed by atoms with Crippen LogP contribution in [0.1, 0.15) is 5.69 Å². The molecular weight excluding hydrogens is 237 g/mol. The number of nitrogens with zero attached hydrogens (tertiary/aromatic N) is 1. The van der Waals surface area contributed by atoms with Gasteiger partial charge >= 0.3 is 0 Å². The zero-order chi connectivity index (χ0) is 12.4. The largest absolute Gasteiger partial charge is 0.255 e. The van der Waals surface area contributed by atoms with Gasteiger partial charge in [0.25, 0.3) is 0 Å². The number of halogens is 1. The van der Waals surface area contributed by atoms with Gasteiger partial charge in [-0.3, -0.25) is 9.19 Å². The molecule has 1 atom stereocenters. The number of aryl methyl sites for hydroxylation is 1. The summed E-state index contributed by atoms with van der Waals surface area (Å²) in [5.74, 6) is -0.306. The molecule has 1 unspecified atom stereocenters. The summed E-state index contributed by atoms with van der Waals surface area (Å²) >= 11 is 0. The van der Waals surface area contributed by atoms with E-state index in [1.807, 2.05) is 12.1 Å². The fraction of sp³-hybridized carbons (Fsp3) is 0.154. The highest BCUT2D eigenvalue weighted by Gasteiger charge is 2.04. The van der Waals surface area contributed by atoms with E-state index in [1.54, 1.807) is 31.4 Å². The number of benzene rings is 1. The molecule has 1 heterocycles. The summed E-state index contributed by atoms with van der Waals surface area (Å²) < 4.78 is 24.3. The van der Waals surface area contributed by atoms with Crippen LogP contribution in [0.2, 0.25) is 0 Å². The van der Waals surface area contributed by atoms with Crippen molar-refractivity contribution in [2.24, 2.45) is 0 Å². The summed E-state index contributed by atoms with van der Waals surface area (Å²) in [5.41, 5.74) is 1.99. The summed E-state index contributed by atoms with van der Waals surface area (Å²) in [4.78, 5) is 4.94. The van der Waals surface area contributed by atoms with Gasteiger partial charge in [-0.2, -0.15) is 0 Å². The molecule has 1 aromatic carbocycles. The number of hydrogen-bond donors (Lipinski definition) is 0. The third-order valence-corrected chi connectivity index (χ3v) is 3.44. The van der Waals surface area contributed by atoms with Gasteiger partial charge in [0.05, 0.1) is 11.4 Å². The van der Waals surface area contributed by atoms with E-state index in [-0.39, 0.29) is 5.82 Å². The molecule has 0 N–H and O–H groups in total. The Labute approximate surface area is 102 Å². The molecule has 1 aromatic heterocycles. The normalized spacial score (nSPS) is 12.4. The first-order valence-corrected chi connectivity index (χ1v) is 6.71. The van der Waals surface area contributed by atoms with Crippen molar-refractivity contribution in [1.29, 1.82) is 0 Å². The molecule has 0 amide bonds. The van der Waals surface area contributed by atoms with Crippen LogP contribution in [-0.2, 0) is 10.8 Å². The Morgan fingerprint density at radius 1 is 1.12 bits per heavy atom. The van der Waals surface area contributed by atoms with E-state index in [0.29, 0.717) is 5.69 Å². The first-order chi connectivity index (χ1) is 8.08. The molecule has 4 heteroatoms. The summed E-state index contributed by atoms with van der Waals surface area (Å²) in [6.45, 7) is 1.63. The Bertz CT molecular complexity index is 566. The second kappa shape index (κ2) is 4.75. The third-order valence-electron chi connectivity index (χ3n) is 2.50. The van der Waals surface area contributed by atoms with Crippen LogP contribution in [-0.4, -0.2) is 15.4 Å². The molecule has 0 bridgehead atoms. The standard InChI is InChI=1S/C13H12FNOS/c1-9-12(14)7-8-13(15-9)10-3-5-11(6-4-10)17(2)16/h3-8H,1-2H3. The molecule has 2 nitrogen and oxygen atoms in total. The molecule has 0 aliphatic heterocycles. The maximum atomic E-state index is 13.1. The summed E-state index contributed by atoms with van der Waals surface area (Å²) in [6, 6.07) is 10.3. The highest BCUT2D eigenvalue weighted by molar-refractivity contribution is 7.84. The lowest BCUT2D eigenvalue weighted by Crippen LogP contribution is -1.92. The first kappa shape index (κ1) is 11.9. The number of pyridine rings is 1. The van der Waals surface area contributed by atoms with Gasteiger partial charge in [-0.1, -0.05) is 12.1 Å². The second-order valence-electron chi connectivity index (χ2n) is 3.74. The monoisotopic (exact) mass is 249 g/mol. The summed E-state index contributed by atoms with van der Waals surface area (Å²) in [7, 11) is -0.982. The van der Waals surface area contributed by atoms with Gasteiger partial charge in [-0.25, -0.2) is 4.39 Å². The topological polar surface area (TPSA) is 30.0 Å². The average molecular weight is 249 g/mol. The maximum absolute atomic E-state index is 13.1. The van der Waals surface area contributed by atoms with Crippen LogP contribution in [0.4, 0.5) is 4.39 Å². The van der Waals surface area contributed by atoms with Crippen molar-refractivity contribution < 1.29 is 8.60 Å². The Hall–Kier alpha value is -1.55. The minimum Gasteiger partial charge on any atom is -0.255 e. The van der Waals surface area contributed by atoms with E-state index >= 15 is 0 Å². The van der Waals surface area contributed by atoms with Crippen LogP contribution in [0.3, 0.4) is 0 Å². The summed E-state index contributed by atoms with van der Waals surface area (Å²) in [5, 5.41) is 0. The van der Waals surface area contributed by atoms with E-state index in [9.17, 15) is 8.60 Å². The Morgan fingerprint density at radius 2 is 1.76 bits per heavy atom. The predicted molar refractivity (Wildman–Crippen MR) is 66.7 cm³/mol. The van der Waals surface area contributed by atoms with Crippen LogP contribution < -0.4 is 0 Å². The molecule has 0 spiro atoms. The van der Waals surface area contributed by atoms with Gasteiger partial charge in [-0.05, 0) is 31.2 Å². The molecule has 0 saturated carbocycles. The summed E-state index contributed by atoms with van der Waals surface area (Å²) in [6.07, 6.45) is 1.63. The number of hydrogen-bond acceptors (Lipinski definition) is 2. The fourth-order valence-corrected chi connectivity index (χ4v) is 2.04. The molecular formula is C13H12FNOS. The fourth-order valence-electron chi connectivity index (χ4n) is 1.52. The van der Waals surface area contributed by atoms with Gasteiger partial charge in [0.1, 0.15) is 5.82 Å². The lowest BCUT2D eigenvalue weighted by atomic mass is 10.1. The number of aromatic nitrogens is 1. The Balaban J connectivity index is 2.39. The van der Waals surface area contributed by atoms with Crippen LogP contribution >= 0.6 is 0 Å². The number of rotatable bonds is 2. The SMILES string of the molecule is Cc1nc(-c2ccc(S(C)=O)cc2)ccc1F. The van der Waals surface area contributed by atoms with Gasteiger partial charge in [0.2, 0.25) is 0 Å². The van der Waals surface area contributed by atoms with Gasteiger partial charge in [0.15, 0.2) is 0 Å². The Morgan fingerprint density at radius 3 is 2.29 bits per heavy atom. The smallest absolute Gasteiger partial charge is 0.144 e. The third kappa shape index (κ3) is 2.58. The van der Waals surface area contributed by atoms with Crippen LogP contribution in [0.25, 0.3) is 11.3 Å². The van der Waals surface area contributed by atoms with Gasteiger partial charge in [-0.15, -0.1) is 0 Å². The maximum Gasteiger partial charge on any atom is 0.144 e. The van der Waals surface area contributed by atoms with Gasteiger partial charge < -0.3 is 0 Å². The molecule has 0 saturated heterocycles. The molecule has 0 radical (unpaired) electrons. The van der Waals surface area contributed by atoms with Gasteiger partial charge in [0, 0.05) is 27.5 Å². The molecule has 88 valence electrons. The molecule has 0 aliphatic carbocycles. The molecule has 0 fully saturated rings. The first-order valence-electron chi connectivity index (χ1n) is 5.15. The van der Waals surface area contributed by atoms with Crippen LogP contribution in [0, 0.1) is 12.7 Å². The van der Waals surface area contributed by atoms with E-state index < -0.39 is 10.8 Å². The van der Waals surface area contributed by atoms with Crippen molar-refractivity contribution in [3.8, 4) is 11.3 Å². The lowest BCUT2D eigenvalue weighted by Gasteiger charge is -2.04. The molecule has 0 aliphatic rings. The van der Waals surface area contributed by atoms with Crippen molar-refractivity contribution >= 4 is 10.8 Å². The molecule has 2 aromatic rings. The average Bonchev–Trinajstić information content (AvgIpc) is 2.33. The molecule has 17 heavy (non-hydrogen) atoms. The molecule has 2 rings (SSSR count). The van der Waals surface area contributed by atoms with E-state index in [0.717, 1.165) is 16.2 Å². The van der Waals surface area contributed by atoms with E-state index in [2.05, 4.69) is 4.98 Å². The highest BCUT2D eigenvalue weighted by atomic mass is 32.2. The van der Waals surface area contributed by atoms with Crippen molar-refractivity contribution in [2.75, 3.05) is 6.26 Å². The van der Waals surface area contributed by atoms with Crippen molar-refractivity contribution in [3.63, 3.8) is 0 Å². The zero-order valence-corrected chi connectivity index (χ0v) is 10.4. The predicted octanol–water partition coefficient (Wildman–Crippen LogP) is 2.93. The van der Waals surface area contributed by atoms with Crippen molar-refractivity contribution in [2.45, 2.75) is 11.8 Å².